The molecular weight excluding hydrogens is 157 g/mol. The molecule has 1 unspecified atom stereocenters. The summed E-state index contributed by atoms with van der Waals surface area (Å²) in [6.45, 7) is 1.70. The molecule has 3 heteroatoms. The molecule has 0 aliphatic heterocycles. The summed E-state index contributed by atoms with van der Waals surface area (Å²) in [5.41, 5.74) is 6.25. The van der Waals surface area contributed by atoms with E-state index in [4.69, 9.17) is 10.5 Å². The molecule has 0 saturated carbocycles. The summed E-state index contributed by atoms with van der Waals surface area (Å²) in [6.07, 6.45) is -1.29. The number of halogens is 1. The number of hydrogen-bond donors (Lipinski definition) is 1. The minimum atomic E-state index is -1.29. The molecule has 66 valence electrons. The largest absolute Gasteiger partial charge is 0.460 e. The van der Waals surface area contributed by atoms with E-state index in [2.05, 4.69) is 0 Å². The second-order valence-corrected chi connectivity index (χ2v) is 2.47. The van der Waals surface area contributed by atoms with Gasteiger partial charge < -0.3 is 10.5 Å². The van der Waals surface area contributed by atoms with Crippen LogP contribution in [0.15, 0.2) is 24.3 Å². The second kappa shape index (κ2) is 4.07. The van der Waals surface area contributed by atoms with E-state index >= 15 is 0 Å². The molecule has 0 heterocycles. The molecule has 0 radical (unpaired) electrons. The lowest BCUT2D eigenvalue weighted by atomic mass is 10.2. The zero-order valence-electron chi connectivity index (χ0n) is 6.96. The van der Waals surface area contributed by atoms with Crippen LogP contribution in [0.4, 0.5) is 4.39 Å². The van der Waals surface area contributed by atoms with Crippen LogP contribution in [-0.4, -0.2) is 6.36 Å². The fourth-order valence-corrected chi connectivity index (χ4v) is 0.962. The topological polar surface area (TPSA) is 35.2 Å². The number of ether oxygens (including phenoxy) is 1. The van der Waals surface area contributed by atoms with Gasteiger partial charge in [0.1, 0.15) is 5.75 Å². The Morgan fingerprint density at radius 2 is 2.17 bits per heavy atom. The fraction of sp³-hybridized carbons (Fsp3) is 0.333. The van der Waals surface area contributed by atoms with Crippen molar-refractivity contribution < 1.29 is 9.13 Å². The number of rotatable bonds is 3. The molecule has 1 aromatic rings. The number of alkyl halides is 1. The Morgan fingerprint density at radius 3 is 2.75 bits per heavy atom. The number of benzene rings is 1. The van der Waals surface area contributed by atoms with Gasteiger partial charge in [0.15, 0.2) is 0 Å². The van der Waals surface area contributed by atoms with Gasteiger partial charge in [-0.15, -0.1) is 0 Å². The molecular formula is C9H12FNO. The van der Waals surface area contributed by atoms with Gasteiger partial charge in [-0.05, 0) is 6.07 Å². The van der Waals surface area contributed by atoms with Crippen molar-refractivity contribution in [2.45, 2.75) is 19.8 Å². The first-order valence-electron chi connectivity index (χ1n) is 3.82. The van der Waals surface area contributed by atoms with Gasteiger partial charge >= 0.3 is 0 Å². The molecule has 0 saturated heterocycles. The highest BCUT2D eigenvalue weighted by atomic mass is 19.1. The summed E-state index contributed by atoms with van der Waals surface area (Å²) in [4.78, 5) is 0. The first-order chi connectivity index (χ1) is 5.74. The lowest BCUT2D eigenvalue weighted by molar-refractivity contribution is 0.0850. The third kappa shape index (κ3) is 2.20. The van der Waals surface area contributed by atoms with E-state index in [1.165, 1.54) is 6.92 Å². The maximum atomic E-state index is 12.4. The summed E-state index contributed by atoms with van der Waals surface area (Å²) < 4.78 is 17.3. The van der Waals surface area contributed by atoms with Crippen LogP contribution in [0.1, 0.15) is 12.5 Å². The second-order valence-electron chi connectivity index (χ2n) is 2.47. The molecule has 2 N–H and O–H groups in total. The first kappa shape index (κ1) is 9.00. The smallest absolute Gasteiger partial charge is 0.235 e. The van der Waals surface area contributed by atoms with E-state index < -0.39 is 6.36 Å². The molecule has 0 amide bonds. The molecule has 0 aliphatic carbocycles. The Balaban J connectivity index is 2.82. The van der Waals surface area contributed by atoms with Gasteiger partial charge in [0.2, 0.25) is 6.36 Å². The average molecular weight is 169 g/mol. The van der Waals surface area contributed by atoms with E-state index in [0.717, 1.165) is 5.56 Å². The van der Waals surface area contributed by atoms with Crippen LogP contribution in [0.3, 0.4) is 0 Å². The van der Waals surface area contributed by atoms with Crippen LogP contribution < -0.4 is 10.5 Å². The van der Waals surface area contributed by atoms with E-state index in [9.17, 15) is 4.39 Å². The van der Waals surface area contributed by atoms with Crippen LogP contribution in [0, 0.1) is 0 Å². The summed E-state index contributed by atoms with van der Waals surface area (Å²) in [7, 11) is 0. The lowest BCUT2D eigenvalue weighted by Crippen LogP contribution is -2.07. The van der Waals surface area contributed by atoms with Gasteiger partial charge in [0, 0.05) is 19.0 Å². The molecule has 1 rings (SSSR count). The molecule has 12 heavy (non-hydrogen) atoms. The Labute approximate surface area is 71.1 Å². The third-order valence-corrected chi connectivity index (χ3v) is 1.48. The van der Waals surface area contributed by atoms with Crippen molar-refractivity contribution in [3.8, 4) is 5.75 Å². The normalized spacial score (nSPS) is 12.6. The predicted molar refractivity (Wildman–Crippen MR) is 45.5 cm³/mol. The quantitative estimate of drug-likeness (QED) is 0.749. The fourth-order valence-electron chi connectivity index (χ4n) is 0.962. The highest BCUT2D eigenvalue weighted by Crippen LogP contribution is 2.18. The summed E-state index contributed by atoms with van der Waals surface area (Å²) in [5.74, 6) is 0.523. The van der Waals surface area contributed by atoms with E-state index in [1.807, 2.05) is 12.1 Å². The van der Waals surface area contributed by atoms with Gasteiger partial charge in [-0.2, -0.15) is 0 Å². The molecule has 0 aliphatic rings. The van der Waals surface area contributed by atoms with Crippen molar-refractivity contribution in [1.29, 1.82) is 0 Å². The minimum absolute atomic E-state index is 0.364. The zero-order valence-corrected chi connectivity index (χ0v) is 6.96. The van der Waals surface area contributed by atoms with Crippen LogP contribution in [0.2, 0.25) is 0 Å². The van der Waals surface area contributed by atoms with Crippen molar-refractivity contribution in [3.05, 3.63) is 29.8 Å². The van der Waals surface area contributed by atoms with Crippen LogP contribution in [0.5, 0.6) is 5.75 Å². The Bertz CT molecular complexity index is 250. The molecule has 0 bridgehead atoms. The summed E-state index contributed by atoms with van der Waals surface area (Å²) in [5, 5.41) is 0. The summed E-state index contributed by atoms with van der Waals surface area (Å²) >= 11 is 0. The van der Waals surface area contributed by atoms with E-state index in [1.54, 1.807) is 12.1 Å². The van der Waals surface area contributed by atoms with Crippen molar-refractivity contribution in [2.24, 2.45) is 5.73 Å². The van der Waals surface area contributed by atoms with E-state index in [0.29, 0.717) is 12.3 Å². The Kier molecular flexibility index (Phi) is 3.05. The molecule has 0 fully saturated rings. The SMILES string of the molecule is CC(F)Oc1ccccc1CN. The van der Waals surface area contributed by atoms with Crippen LogP contribution >= 0.6 is 0 Å². The Hall–Kier alpha value is -1.09. The number of para-hydroxylation sites is 1. The van der Waals surface area contributed by atoms with Crippen LogP contribution in [0.25, 0.3) is 0 Å². The van der Waals surface area contributed by atoms with Crippen molar-refractivity contribution in [2.75, 3.05) is 0 Å². The predicted octanol–water partition coefficient (Wildman–Crippen LogP) is 1.84. The third-order valence-electron chi connectivity index (χ3n) is 1.48. The van der Waals surface area contributed by atoms with Crippen molar-refractivity contribution >= 4 is 0 Å². The molecule has 1 aromatic carbocycles. The van der Waals surface area contributed by atoms with Gasteiger partial charge in [0.05, 0.1) is 0 Å². The standard InChI is InChI=1S/C9H12FNO/c1-7(10)12-9-5-3-2-4-8(9)6-11/h2-5,7H,6,11H2,1H3. The van der Waals surface area contributed by atoms with Crippen LogP contribution in [-0.2, 0) is 6.54 Å². The minimum Gasteiger partial charge on any atom is -0.460 e. The molecule has 0 aromatic heterocycles. The van der Waals surface area contributed by atoms with Gasteiger partial charge in [0.25, 0.3) is 0 Å². The Morgan fingerprint density at radius 1 is 1.50 bits per heavy atom. The summed E-state index contributed by atoms with van der Waals surface area (Å²) in [6, 6.07) is 7.16. The average Bonchev–Trinajstić information content (AvgIpc) is 2.04. The molecule has 0 spiro atoms. The molecule has 2 nitrogen and oxygen atoms in total. The van der Waals surface area contributed by atoms with E-state index in [-0.39, 0.29) is 0 Å². The monoisotopic (exact) mass is 169 g/mol. The number of nitrogens with two attached hydrogens (primary N) is 1. The number of hydrogen-bond acceptors (Lipinski definition) is 2. The van der Waals surface area contributed by atoms with Gasteiger partial charge in [-0.1, -0.05) is 18.2 Å². The van der Waals surface area contributed by atoms with Crippen molar-refractivity contribution in [1.82, 2.24) is 0 Å². The van der Waals surface area contributed by atoms with Gasteiger partial charge in [-0.25, -0.2) is 4.39 Å². The highest BCUT2D eigenvalue weighted by Gasteiger charge is 2.03. The highest BCUT2D eigenvalue weighted by molar-refractivity contribution is 5.32. The maximum Gasteiger partial charge on any atom is 0.235 e. The maximum absolute atomic E-state index is 12.4. The first-order valence-corrected chi connectivity index (χ1v) is 3.82. The van der Waals surface area contributed by atoms with Crippen molar-refractivity contribution in [3.63, 3.8) is 0 Å². The lowest BCUT2D eigenvalue weighted by Gasteiger charge is -2.10. The zero-order chi connectivity index (χ0) is 8.97. The molecule has 1 atom stereocenters. The van der Waals surface area contributed by atoms with Gasteiger partial charge in [-0.3, -0.25) is 0 Å².